The smallest absolute Gasteiger partial charge is 0.371 e. The number of carboxylic acids is 1. The molecular weight excluding hydrogens is 238 g/mol. The molecule has 0 spiro atoms. The highest BCUT2D eigenvalue weighted by Crippen LogP contribution is 2.08. The second-order valence-corrected chi connectivity index (χ2v) is 3.67. The van der Waals surface area contributed by atoms with Crippen LogP contribution < -0.4 is 5.32 Å². The molecule has 7 nitrogen and oxygen atoms in total. The van der Waals surface area contributed by atoms with Crippen LogP contribution in [0.4, 0.5) is 0 Å². The summed E-state index contributed by atoms with van der Waals surface area (Å²) in [5, 5.41) is 17.8. The molecule has 0 aromatic carbocycles. The third kappa shape index (κ3) is 2.40. The fourth-order valence-corrected chi connectivity index (χ4v) is 1.39. The maximum atomic E-state index is 11.7. The van der Waals surface area contributed by atoms with Gasteiger partial charge in [-0.2, -0.15) is 5.10 Å². The van der Waals surface area contributed by atoms with Gasteiger partial charge in [0.2, 0.25) is 5.76 Å². The molecule has 3 N–H and O–H groups in total. The number of rotatable bonds is 4. The summed E-state index contributed by atoms with van der Waals surface area (Å²) in [5.74, 6) is -1.98. The number of carboxylic acid groups (broad SMARTS) is 1. The molecule has 0 radical (unpaired) electrons. The van der Waals surface area contributed by atoms with Crippen molar-refractivity contribution in [2.24, 2.45) is 0 Å². The van der Waals surface area contributed by atoms with Crippen LogP contribution in [0.1, 0.15) is 32.4 Å². The molecule has 0 aliphatic rings. The van der Waals surface area contributed by atoms with E-state index in [-0.39, 0.29) is 11.5 Å². The summed E-state index contributed by atoms with van der Waals surface area (Å²) >= 11 is 0. The van der Waals surface area contributed by atoms with Gasteiger partial charge >= 0.3 is 5.97 Å². The zero-order chi connectivity index (χ0) is 13.1. The first-order chi connectivity index (χ1) is 8.58. The number of hydrogen-bond donors (Lipinski definition) is 3. The summed E-state index contributed by atoms with van der Waals surface area (Å²) in [6, 6.07) is 2.56. The Kier molecular flexibility index (Phi) is 3.13. The van der Waals surface area contributed by atoms with E-state index in [1.807, 2.05) is 6.92 Å². The van der Waals surface area contributed by atoms with Crippen LogP contribution in [0, 0.1) is 6.92 Å². The van der Waals surface area contributed by atoms with Gasteiger partial charge in [0.15, 0.2) is 5.76 Å². The molecule has 0 aliphatic heterocycles. The van der Waals surface area contributed by atoms with E-state index in [9.17, 15) is 9.59 Å². The number of hydrogen-bond acceptors (Lipinski definition) is 4. The summed E-state index contributed by atoms with van der Waals surface area (Å²) < 4.78 is 4.87. The second kappa shape index (κ2) is 4.74. The van der Waals surface area contributed by atoms with Crippen molar-refractivity contribution < 1.29 is 19.1 Å². The van der Waals surface area contributed by atoms with E-state index in [0.29, 0.717) is 6.54 Å². The summed E-state index contributed by atoms with van der Waals surface area (Å²) in [6.45, 7) is 2.13. The average Bonchev–Trinajstić information content (AvgIpc) is 2.94. The second-order valence-electron chi connectivity index (χ2n) is 3.67. The highest BCUT2D eigenvalue weighted by molar-refractivity contribution is 5.93. The molecule has 2 aromatic rings. The van der Waals surface area contributed by atoms with Crippen LogP contribution in [-0.4, -0.2) is 27.2 Å². The molecule has 0 aliphatic carbocycles. The van der Waals surface area contributed by atoms with Crippen molar-refractivity contribution in [1.29, 1.82) is 0 Å². The number of amides is 1. The van der Waals surface area contributed by atoms with Crippen LogP contribution in [0.3, 0.4) is 0 Å². The Bertz CT molecular complexity index is 585. The number of aromatic nitrogens is 2. The Morgan fingerprint density at radius 3 is 2.72 bits per heavy atom. The van der Waals surface area contributed by atoms with Crippen LogP contribution in [0.25, 0.3) is 0 Å². The number of aryl methyl sites for hydroxylation is 1. The molecule has 2 rings (SSSR count). The Balaban J connectivity index is 1.99. The number of aromatic amines is 1. The third-order valence-electron chi connectivity index (χ3n) is 2.41. The number of nitrogens with one attached hydrogen (secondary N) is 2. The van der Waals surface area contributed by atoms with Crippen molar-refractivity contribution >= 4 is 11.9 Å². The molecule has 1 amide bonds. The fraction of sp³-hybridized carbons (Fsp3) is 0.182. The molecule has 0 atom stereocenters. The number of aromatic carboxylic acids is 1. The minimum atomic E-state index is -1.21. The fourth-order valence-electron chi connectivity index (χ4n) is 1.39. The monoisotopic (exact) mass is 249 g/mol. The van der Waals surface area contributed by atoms with Crippen LogP contribution in [0.2, 0.25) is 0 Å². The Morgan fingerprint density at radius 1 is 1.44 bits per heavy atom. The van der Waals surface area contributed by atoms with Gasteiger partial charge in [0.1, 0.15) is 0 Å². The van der Waals surface area contributed by atoms with Gasteiger partial charge in [-0.3, -0.25) is 9.89 Å². The lowest BCUT2D eigenvalue weighted by atomic mass is 10.2. The van der Waals surface area contributed by atoms with Crippen molar-refractivity contribution in [1.82, 2.24) is 15.5 Å². The van der Waals surface area contributed by atoms with Crippen molar-refractivity contribution in [2.45, 2.75) is 13.5 Å². The minimum Gasteiger partial charge on any atom is -0.475 e. The van der Waals surface area contributed by atoms with E-state index >= 15 is 0 Å². The Labute approximate surface area is 102 Å². The quantitative estimate of drug-likeness (QED) is 0.747. The number of nitrogens with zero attached hydrogens (tertiary/aromatic N) is 1. The maximum Gasteiger partial charge on any atom is 0.371 e. The van der Waals surface area contributed by atoms with Gasteiger partial charge in [0, 0.05) is 17.8 Å². The van der Waals surface area contributed by atoms with Gasteiger partial charge in [-0.25, -0.2) is 4.79 Å². The molecular formula is C11H11N3O4. The molecule has 18 heavy (non-hydrogen) atoms. The first kappa shape index (κ1) is 11.9. The lowest BCUT2D eigenvalue weighted by Gasteiger charge is -2.01. The molecule has 0 fully saturated rings. The predicted octanol–water partition coefficient (Wildman–Crippen LogP) is 0.939. The highest BCUT2D eigenvalue weighted by Gasteiger charge is 2.14. The molecule has 0 saturated carbocycles. The molecule has 0 bridgehead atoms. The van der Waals surface area contributed by atoms with Crippen LogP contribution in [0.5, 0.6) is 0 Å². The van der Waals surface area contributed by atoms with E-state index in [1.54, 1.807) is 6.20 Å². The van der Waals surface area contributed by atoms with Gasteiger partial charge in [-0.15, -0.1) is 0 Å². The van der Waals surface area contributed by atoms with Gasteiger partial charge in [-0.1, -0.05) is 0 Å². The van der Waals surface area contributed by atoms with Crippen molar-refractivity contribution in [3.63, 3.8) is 0 Å². The highest BCUT2D eigenvalue weighted by atomic mass is 16.4. The topological polar surface area (TPSA) is 108 Å². The van der Waals surface area contributed by atoms with E-state index < -0.39 is 11.9 Å². The number of carbonyl (C=O) groups is 2. The summed E-state index contributed by atoms with van der Waals surface area (Å²) in [4.78, 5) is 22.2. The standard InChI is InChI=1S/C11H11N3O4/c1-6-7(5-13-14-6)4-12-10(15)8-2-3-9(18-8)11(16)17/h2-3,5H,4H2,1H3,(H,12,15)(H,13,14)(H,16,17). The molecule has 94 valence electrons. The lowest BCUT2D eigenvalue weighted by Crippen LogP contribution is -2.22. The van der Waals surface area contributed by atoms with Crippen molar-refractivity contribution in [3.05, 3.63) is 41.1 Å². The van der Waals surface area contributed by atoms with E-state index in [1.165, 1.54) is 12.1 Å². The summed E-state index contributed by atoms with van der Waals surface area (Å²) in [5.41, 5.74) is 1.72. The van der Waals surface area contributed by atoms with Gasteiger partial charge < -0.3 is 14.8 Å². The van der Waals surface area contributed by atoms with Crippen molar-refractivity contribution in [3.8, 4) is 0 Å². The Hall–Kier alpha value is -2.57. The number of H-pyrrole nitrogens is 1. The van der Waals surface area contributed by atoms with Crippen LogP contribution >= 0.6 is 0 Å². The van der Waals surface area contributed by atoms with Gasteiger partial charge in [0.25, 0.3) is 5.91 Å². The lowest BCUT2D eigenvalue weighted by molar-refractivity contribution is 0.0659. The molecule has 7 heteroatoms. The number of carbonyl (C=O) groups excluding carboxylic acids is 1. The van der Waals surface area contributed by atoms with Gasteiger partial charge in [0.05, 0.1) is 6.20 Å². The van der Waals surface area contributed by atoms with E-state index in [2.05, 4.69) is 15.5 Å². The summed E-state index contributed by atoms with van der Waals surface area (Å²) in [7, 11) is 0. The van der Waals surface area contributed by atoms with Gasteiger partial charge in [-0.05, 0) is 19.1 Å². The third-order valence-corrected chi connectivity index (χ3v) is 2.41. The average molecular weight is 249 g/mol. The van der Waals surface area contributed by atoms with Crippen molar-refractivity contribution in [2.75, 3.05) is 0 Å². The molecule has 0 unspecified atom stereocenters. The predicted molar refractivity (Wildman–Crippen MR) is 60.2 cm³/mol. The van der Waals surface area contributed by atoms with E-state index in [4.69, 9.17) is 9.52 Å². The molecule has 2 aromatic heterocycles. The number of furan rings is 1. The normalized spacial score (nSPS) is 10.3. The zero-order valence-electron chi connectivity index (χ0n) is 9.56. The minimum absolute atomic E-state index is 0.0338. The SMILES string of the molecule is Cc1[nH]ncc1CNC(=O)c1ccc(C(=O)O)o1. The van der Waals surface area contributed by atoms with Crippen LogP contribution in [-0.2, 0) is 6.54 Å². The zero-order valence-corrected chi connectivity index (χ0v) is 9.56. The van der Waals surface area contributed by atoms with Crippen LogP contribution in [0.15, 0.2) is 22.7 Å². The summed E-state index contributed by atoms with van der Waals surface area (Å²) in [6.07, 6.45) is 1.61. The van der Waals surface area contributed by atoms with E-state index in [0.717, 1.165) is 11.3 Å². The largest absolute Gasteiger partial charge is 0.475 e. The first-order valence-electron chi connectivity index (χ1n) is 5.18. The Morgan fingerprint density at radius 2 is 2.17 bits per heavy atom. The maximum absolute atomic E-state index is 11.7. The molecule has 2 heterocycles. The first-order valence-corrected chi connectivity index (χ1v) is 5.18. The molecule has 0 saturated heterocycles.